The molecule has 3 N–H and O–H groups in total. The lowest BCUT2D eigenvalue weighted by atomic mass is 9.76. The highest BCUT2D eigenvalue weighted by atomic mass is 16.2. The second-order valence-electron chi connectivity index (χ2n) is 9.77. The Bertz CT molecular complexity index is 885. The van der Waals surface area contributed by atoms with Crippen LogP contribution in [0.5, 0.6) is 0 Å². The Morgan fingerprint density at radius 1 is 1.00 bits per heavy atom. The minimum atomic E-state index is -0.565. The highest BCUT2D eigenvalue weighted by Gasteiger charge is 2.40. The van der Waals surface area contributed by atoms with Crippen molar-refractivity contribution in [2.45, 2.75) is 70.1 Å². The summed E-state index contributed by atoms with van der Waals surface area (Å²) < 4.78 is 0. The molecule has 3 aliphatic heterocycles. The summed E-state index contributed by atoms with van der Waals surface area (Å²) in [7, 11) is 0. The molecule has 3 amide bonds. The number of imide groups is 1. The minimum absolute atomic E-state index is 0.0998. The van der Waals surface area contributed by atoms with Gasteiger partial charge in [0.2, 0.25) is 11.8 Å². The van der Waals surface area contributed by atoms with Crippen LogP contribution in [-0.2, 0) is 22.7 Å². The number of hydrogen-bond acceptors (Lipinski definition) is 5. The number of carbonyl (C=O) groups is 3. The van der Waals surface area contributed by atoms with Crippen LogP contribution in [0.2, 0.25) is 0 Å². The molecule has 1 aromatic carbocycles. The summed E-state index contributed by atoms with van der Waals surface area (Å²) in [5.41, 5.74) is 9.51. The third kappa shape index (κ3) is 3.89. The van der Waals surface area contributed by atoms with Crippen LogP contribution >= 0.6 is 0 Å². The molecule has 0 spiro atoms. The number of likely N-dealkylation sites (tertiary alicyclic amines) is 1. The number of nitrogens with zero attached hydrogens (tertiary/aromatic N) is 2. The van der Waals surface area contributed by atoms with E-state index in [0.29, 0.717) is 36.4 Å². The molecule has 0 aromatic heterocycles. The van der Waals surface area contributed by atoms with Crippen molar-refractivity contribution in [2.24, 2.45) is 17.6 Å². The van der Waals surface area contributed by atoms with Gasteiger partial charge in [0, 0.05) is 44.2 Å². The number of amides is 3. The number of fused-ring (bicyclic) bond motifs is 3. The fourth-order valence-corrected chi connectivity index (χ4v) is 6.09. The molecule has 3 fully saturated rings. The second-order valence-corrected chi connectivity index (χ2v) is 9.77. The van der Waals surface area contributed by atoms with Crippen LogP contribution < -0.4 is 11.1 Å². The first-order valence-corrected chi connectivity index (χ1v) is 11.7. The van der Waals surface area contributed by atoms with E-state index in [1.165, 1.54) is 37.7 Å². The first kappa shape index (κ1) is 20.6. The lowest BCUT2D eigenvalue weighted by Crippen LogP contribution is -2.53. The van der Waals surface area contributed by atoms with Gasteiger partial charge >= 0.3 is 0 Å². The fraction of sp³-hybridized carbons (Fsp3) is 0.625. The van der Waals surface area contributed by atoms with Crippen LogP contribution in [-0.4, -0.2) is 52.7 Å². The topological polar surface area (TPSA) is 95.7 Å². The van der Waals surface area contributed by atoms with E-state index >= 15 is 0 Å². The predicted octanol–water partition coefficient (Wildman–Crippen LogP) is 1.79. The van der Waals surface area contributed by atoms with Crippen molar-refractivity contribution in [2.75, 3.05) is 13.1 Å². The zero-order chi connectivity index (χ0) is 21.5. The van der Waals surface area contributed by atoms with Gasteiger partial charge in [-0.2, -0.15) is 0 Å². The van der Waals surface area contributed by atoms with E-state index in [-0.39, 0.29) is 24.1 Å². The molecular formula is C24H32N4O3. The standard InChI is InChI=1S/C24H32N4O3/c25-22-16-5-2-1-3-6-17(22)13-27(12-16)11-15-7-4-8-18-19(15)14-28(24(18)31)20-9-10-21(29)26-23(20)30/h4,7-8,16-17,20,22H,1-3,5-6,9-14,25H2,(H,26,29,30). The Morgan fingerprint density at radius 3 is 2.45 bits per heavy atom. The second kappa shape index (κ2) is 8.36. The molecule has 166 valence electrons. The molecule has 2 bridgehead atoms. The Hall–Kier alpha value is -2.25. The highest BCUT2D eigenvalue weighted by Crippen LogP contribution is 2.34. The number of nitrogens with one attached hydrogen (secondary N) is 1. The largest absolute Gasteiger partial charge is 0.327 e. The lowest BCUT2D eigenvalue weighted by molar-refractivity contribution is -0.136. The molecule has 1 saturated carbocycles. The summed E-state index contributed by atoms with van der Waals surface area (Å²) >= 11 is 0. The van der Waals surface area contributed by atoms with Gasteiger partial charge in [0.1, 0.15) is 6.04 Å². The summed E-state index contributed by atoms with van der Waals surface area (Å²) in [5, 5.41) is 2.38. The van der Waals surface area contributed by atoms with Gasteiger partial charge in [-0.15, -0.1) is 0 Å². The summed E-state index contributed by atoms with van der Waals surface area (Å²) in [6, 6.07) is 5.68. The quantitative estimate of drug-likeness (QED) is 0.722. The van der Waals surface area contributed by atoms with Crippen LogP contribution in [0.15, 0.2) is 18.2 Å². The van der Waals surface area contributed by atoms with Gasteiger partial charge in [-0.05, 0) is 48.3 Å². The van der Waals surface area contributed by atoms with Gasteiger partial charge in [0.25, 0.3) is 5.91 Å². The first-order chi connectivity index (χ1) is 15.0. The van der Waals surface area contributed by atoms with E-state index in [1.54, 1.807) is 4.90 Å². The number of carbonyl (C=O) groups excluding carboxylic acids is 3. The maximum absolute atomic E-state index is 13.1. The number of benzene rings is 1. The molecule has 3 heterocycles. The van der Waals surface area contributed by atoms with Gasteiger partial charge in [-0.1, -0.05) is 31.4 Å². The number of piperidine rings is 2. The number of rotatable bonds is 3. The summed E-state index contributed by atoms with van der Waals surface area (Å²) in [6.07, 6.45) is 6.97. The first-order valence-electron chi connectivity index (χ1n) is 11.7. The summed E-state index contributed by atoms with van der Waals surface area (Å²) in [6.45, 7) is 3.30. The van der Waals surface area contributed by atoms with Crippen molar-refractivity contribution in [3.05, 3.63) is 34.9 Å². The van der Waals surface area contributed by atoms with Gasteiger partial charge < -0.3 is 10.6 Å². The molecule has 7 nitrogen and oxygen atoms in total. The van der Waals surface area contributed by atoms with Crippen molar-refractivity contribution in [3.8, 4) is 0 Å². The summed E-state index contributed by atoms with van der Waals surface area (Å²) in [5.74, 6) is 0.391. The average Bonchev–Trinajstić information content (AvgIpc) is 3.08. The Morgan fingerprint density at radius 2 is 1.74 bits per heavy atom. The van der Waals surface area contributed by atoms with Crippen LogP contribution in [0.4, 0.5) is 0 Å². The van der Waals surface area contributed by atoms with E-state index in [4.69, 9.17) is 5.73 Å². The predicted molar refractivity (Wildman–Crippen MR) is 116 cm³/mol. The van der Waals surface area contributed by atoms with Crippen molar-refractivity contribution >= 4 is 17.7 Å². The van der Waals surface area contributed by atoms with Crippen molar-refractivity contribution in [3.63, 3.8) is 0 Å². The zero-order valence-electron chi connectivity index (χ0n) is 18.0. The maximum atomic E-state index is 13.1. The van der Waals surface area contributed by atoms with E-state index in [0.717, 1.165) is 25.2 Å². The van der Waals surface area contributed by atoms with Gasteiger partial charge in [-0.3, -0.25) is 24.6 Å². The van der Waals surface area contributed by atoms with Crippen LogP contribution in [0.3, 0.4) is 0 Å². The smallest absolute Gasteiger partial charge is 0.255 e. The third-order valence-electron chi connectivity index (χ3n) is 7.80. The number of nitrogens with two attached hydrogens (primary N) is 1. The highest BCUT2D eigenvalue weighted by molar-refractivity contribution is 6.05. The van der Waals surface area contributed by atoms with Gasteiger partial charge in [-0.25, -0.2) is 0 Å². The Kier molecular flexibility index (Phi) is 5.56. The number of hydrogen-bond donors (Lipinski definition) is 2. The van der Waals surface area contributed by atoms with Crippen molar-refractivity contribution in [1.82, 2.24) is 15.1 Å². The molecule has 2 saturated heterocycles. The SMILES string of the molecule is NC1C2CCCCCC1CN(Cc1cccc3c1CN(C1CCC(=O)NC1=O)C3=O)C2. The Labute approximate surface area is 183 Å². The molecular weight excluding hydrogens is 392 g/mol. The molecule has 1 aromatic rings. The van der Waals surface area contributed by atoms with Crippen LogP contribution in [0.25, 0.3) is 0 Å². The molecule has 3 atom stereocenters. The molecule has 4 aliphatic rings. The van der Waals surface area contributed by atoms with Crippen LogP contribution in [0, 0.1) is 11.8 Å². The third-order valence-corrected chi connectivity index (χ3v) is 7.80. The molecule has 5 rings (SSSR count). The minimum Gasteiger partial charge on any atom is -0.327 e. The molecule has 7 heteroatoms. The van der Waals surface area contributed by atoms with E-state index in [9.17, 15) is 14.4 Å². The fourth-order valence-electron chi connectivity index (χ4n) is 6.09. The van der Waals surface area contributed by atoms with E-state index in [2.05, 4.69) is 16.3 Å². The van der Waals surface area contributed by atoms with Crippen LogP contribution in [0.1, 0.15) is 66.4 Å². The molecule has 1 aliphatic carbocycles. The maximum Gasteiger partial charge on any atom is 0.255 e. The van der Waals surface area contributed by atoms with E-state index < -0.39 is 6.04 Å². The normalized spacial score (nSPS) is 31.8. The Balaban J connectivity index is 1.34. The average molecular weight is 425 g/mol. The summed E-state index contributed by atoms with van der Waals surface area (Å²) in [4.78, 5) is 41.1. The van der Waals surface area contributed by atoms with E-state index in [1.807, 2.05) is 12.1 Å². The molecule has 0 radical (unpaired) electrons. The zero-order valence-corrected chi connectivity index (χ0v) is 18.0. The molecule has 31 heavy (non-hydrogen) atoms. The van der Waals surface area contributed by atoms with Crippen molar-refractivity contribution < 1.29 is 14.4 Å². The van der Waals surface area contributed by atoms with Gasteiger partial charge in [0.15, 0.2) is 0 Å². The van der Waals surface area contributed by atoms with Crippen molar-refractivity contribution in [1.29, 1.82) is 0 Å². The lowest BCUT2D eigenvalue weighted by Gasteiger charge is -2.44. The monoisotopic (exact) mass is 424 g/mol. The molecule has 3 unspecified atom stereocenters. The van der Waals surface area contributed by atoms with Gasteiger partial charge in [0.05, 0.1) is 0 Å².